The van der Waals surface area contributed by atoms with Gasteiger partial charge in [-0.2, -0.15) is 26.3 Å². The van der Waals surface area contributed by atoms with Crippen molar-refractivity contribution in [3.8, 4) is 0 Å². The fourth-order valence-corrected chi connectivity index (χ4v) is 7.85. The van der Waals surface area contributed by atoms with Gasteiger partial charge in [0.05, 0.1) is 49.5 Å². The second-order valence-electron chi connectivity index (χ2n) is 13.9. The lowest BCUT2D eigenvalue weighted by molar-refractivity contribution is -0.146. The van der Waals surface area contributed by atoms with Gasteiger partial charge < -0.3 is 24.2 Å². The zero-order valence-corrected chi connectivity index (χ0v) is 29.3. The van der Waals surface area contributed by atoms with Crippen LogP contribution < -0.4 is 9.80 Å². The molecule has 1 aromatic heterocycles. The van der Waals surface area contributed by atoms with Crippen LogP contribution in [0.2, 0.25) is 0 Å². The standard InChI is InChI=1S/C36H47F6N5O4/c1-4-28-18-30(19-29(5-2)47(28)33(49)25-8-6-23(7-9-25)16-32(48)50-3)46(34-43-20-31(21-44-34)45-10-12-51-13-11-45)22-24-14-26(35(37,38)39)17-27(15-24)36(40,41)42/h14-15,17,20-21,23,25,28-30H,4-13,16,18-19,22H2,1-3H3/t23?,25?,28-,29+,30?. The number of carbonyl (C=O) groups excluding carboxylic acids is 2. The Hall–Kier alpha value is -3.62. The molecule has 3 aliphatic rings. The van der Waals surface area contributed by atoms with Crippen molar-refractivity contribution in [2.24, 2.45) is 11.8 Å². The number of morpholine rings is 1. The number of likely N-dealkylation sites (tertiary alicyclic amines) is 1. The van der Waals surface area contributed by atoms with Gasteiger partial charge in [0.2, 0.25) is 11.9 Å². The summed E-state index contributed by atoms with van der Waals surface area (Å²) >= 11 is 0. The van der Waals surface area contributed by atoms with Gasteiger partial charge in [0.25, 0.3) is 0 Å². The molecule has 0 bridgehead atoms. The lowest BCUT2D eigenvalue weighted by Crippen LogP contribution is -2.58. The number of ether oxygens (including phenoxy) is 2. The van der Waals surface area contributed by atoms with Crippen molar-refractivity contribution in [2.75, 3.05) is 43.2 Å². The van der Waals surface area contributed by atoms with Gasteiger partial charge in [0.15, 0.2) is 0 Å². The monoisotopic (exact) mass is 727 g/mol. The summed E-state index contributed by atoms with van der Waals surface area (Å²) in [7, 11) is 1.37. The molecular weight excluding hydrogens is 680 g/mol. The van der Waals surface area contributed by atoms with Crippen LogP contribution in [0.3, 0.4) is 0 Å². The van der Waals surface area contributed by atoms with Crippen molar-refractivity contribution in [1.82, 2.24) is 14.9 Å². The first kappa shape index (κ1) is 38.6. The molecular formula is C36H47F6N5O4. The topological polar surface area (TPSA) is 88.1 Å². The average molecular weight is 728 g/mol. The Morgan fingerprint density at radius 1 is 0.882 bits per heavy atom. The van der Waals surface area contributed by atoms with E-state index < -0.39 is 23.5 Å². The largest absolute Gasteiger partial charge is 0.469 e. The van der Waals surface area contributed by atoms with E-state index in [9.17, 15) is 35.9 Å². The molecule has 3 heterocycles. The van der Waals surface area contributed by atoms with Crippen LogP contribution in [0.15, 0.2) is 30.6 Å². The van der Waals surface area contributed by atoms with E-state index >= 15 is 0 Å². The lowest BCUT2D eigenvalue weighted by atomic mass is 9.78. The third kappa shape index (κ3) is 9.44. The van der Waals surface area contributed by atoms with Crippen molar-refractivity contribution in [3.05, 3.63) is 47.3 Å². The number of benzene rings is 1. The number of carbonyl (C=O) groups is 2. The number of aromatic nitrogens is 2. The maximum absolute atomic E-state index is 14.1. The highest BCUT2D eigenvalue weighted by Crippen LogP contribution is 2.40. The summed E-state index contributed by atoms with van der Waals surface area (Å²) in [6.45, 7) is 6.00. The maximum atomic E-state index is 14.1. The predicted octanol–water partition coefficient (Wildman–Crippen LogP) is 7.28. The SMILES string of the molecule is CC[C@@H]1CC(N(Cc2cc(C(F)(F)F)cc(C(F)(F)F)c2)c2ncc(N3CCOCC3)cn2)C[C@H](CC)N1C(=O)C1CCC(CC(=O)OC)CC1. The molecule has 1 amide bonds. The first-order valence-corrected chi connectivity index (χ1v) is 17.8. The predicted molar refractivity (Wildman–Crippen MR) is 178 cm³/mol. The van der Waals surface area contributed by atoms with Gasteiger partial charge in [0.1, 0.15) is 0 Å². The number of methoxy groups -OCH3 is 1. The molecule has 15 heteroatoms. The number of alkyl halides is 6. The van der Waals surface area contributed by atoms with Crippen molar-refractivity contribution in [2.45, 2.75) is 109 Å². The van der Waals surface area contributed by atoms with E-state index in [1.807, 2.05) is 23.6 Å². The molecule has 51 heavy (non-hydrogen) atoms. The minimum absolute atomic E-state index is 0.0639. The smallest absolute Gasteiger partial charge is 0.416 e. The first-order valence-electron chi connectivity index (χ1n) is 17.8. The van der Waals surface area contributed by atoms with E-state index in [4.69, 9.17) is 9.47 Å². The van der Waals surface area contributed by atoms with E-state index in [1.165, 1.54) is 7.11 Å². The molecule has 0 N–H and O–H groups in total. The van der Waals surface area contributed by atoms with Crippen LogP contribution >= 0.6 is 0 Å². The van der Waals surface area contributed by atoms with Crippen LogP contribution in [0.25, 0.3) is 0 Å². The highest BCUT2D eigenvalue weighted by Gasteiger charge is 2.43. The highest BCUT2D eigenvalue weighted by molar-refractivity contribution is 5.80. The molecule has 5 rings (SSSR count). The van der Waals surface area contributed by atoms with Crippen LogP contribution in [0, 0.1) is 11.8 Å². The summed E-state index contributed by atoms with van der Waals surface area (Å²) in [6, 6.07) is 0.849. The quantitative estimate of drug-likeness (QED) is 0.187. The van der Waals surface area contributed by atoms with E-state index in [0.29, 0.717) is 71.2 Å². The van der Waals surface area contributed by atoms with Gasteiger partial charge in [-0.3, -0.25) is 9.59 Å². The molecule has 3 fully saturated rings. The van der Waals surface area contributed by atoms with Gasteiger partial charge in [-0.15, -0.1) is 0 Å². The Kier molecular flexibility index (Phi) is 12.4. The number of rotatable bonds is 10. The van der Waals surface area contributed by atoms with Crippen LogP contribution in [0.4, 0.5) is 38.0 Å². The number of hydrogen-bond acceptors (Lipinski definition) is 8. The zero-order chi connectivity index (χ0) is 36.9. The van der Waals surface area contributed by atoms with Crippen LogP contribution in [0.1, 0.15) is 88.3 Å². The Bertz CT molecular complexity index is 1430. The van der Waals surface area contributed by atoms with Crippen LogP contribution in [-0.4, -0.2) is 78.3 Å². The molecule has 282 valence electrons. The van der Waals surface area contributed by atoms with E-state index in [0.717, 1.165) is 30.7 Å². The zero-order valence-electron chi connectivity index (χ0n) is 29.3. The number of hydrogen-bond donors (Lipinski definition) is 0. The molecule has 0 radical (unpaired) electrons. The fraction of sp³-hybridized carbons (Fsp3) is 0.667. The van der Waals surface area contributed by atoms with Gasteiger partial charge in [-0.05, 0) is 81.0 Å². The average Bonchev–Trinajstić information content (AvgIpc) is 3.12. The number of nitrogens with zero attached hydrogens (tertiary/aromatic N) is 5. The summed E-state index contributed by atoms with van der Waals surface area (Å²) in [5, 5.41) is 0. The Morgan fingerprint density at radius 2 is 1.43 bits per heavy atom. The normalized spacial score (nSPS) is 24.7. The van der Waals surface area contributed by atoms with Gasteiger partial charge in [-0.1, -0.05) is 13.8 Å². The number of anilines is 2. The van der Waals surface area contributed by atoms with Gasteiger partial charge >= 0.3 is 18.3 Å². The molecule has 1 aromatic carbocycles. The summed E-state index contributed by atoms with van der Waals surface area (Å²) in [4.78, 5) is 40.9. The summed E-state index contributed by atoms with van der Waals surface area (Å²) in [5.41, 5.74) is -2.19. The molecule has 2 aromatic rings. The lowest BCUT2D eigenvalue weighted by Gasteiger charge is -2.49. The number of halogens is 6. The van der Waals surface area contributed by atoms with E-state index in [2.05, 4.69) is 9.97 Å². The molecule has 9 nitrogen and oxygen atoms in total. The molecule has 1 saturated carbocycles. The third-order valence-electron chi connectivity index (χ3n) is 10.6. The third-order valence-corrected chi connectivity index (χ3v) is 10.6. The minimum atomic E-state index is -4.98. The number of esters is 1. The van der Waals surface area contributed by atoms with Crippen LogP contribution in [0.5, 0.6) is 0 Å². The summed E-state index contributed by atoms with van der Waals surface area (Å²) < 4.78 is 93.4. The first-order chi connectivity index (χ1) is 24.2. The van der Waals surface area contributed by atoms with Crippen molar-refractivity contribution < 1.29 is 45.4 Å². The van der Waals surface area contributed by atoms with Gasteiger partial charge in [-0.25, -0.2) is 9.97 Å². The van der Waals surface area contributed by atoms with Crippen molar-refractivity contribution >= 4 is 23.5 Å². The van der Waals surface area contributed by atoms with Gasteiger partial charge in [0, 0.05) is 50.1 Å². The Balaban J connectivity index is 1.44. The summed E-state index contributed by atoms with van der Waals surface area (Å²) in [5.74, 6) is -0.0110. The van der Waals surface area contributed by atoms with Crippen molar-refractivity contribution in [1.29, 1.82) is 0 Å². The minimum Gasteiger partial charge on any atom is -0.469 e. The Morgan fingerprint density at radius 3 is 1.92 bits per heavy atom. The Labute approximate surface area is 294 Å². The fourth-order valence-electron chi connectivity index (χ4n) is 7.85. The number of amides is 1. The molecule has 0 spiro atoms. The van der Waals surface area contributed by atoms with E-state index in [-0.39, 0.29) is 66.0 Å². The molecule has 1 unspecified atom stereocenters. The molecule has 1 aliphatic carbocycles. The summed E-state index contributed by atoms with van der Waals surface area (Å²) in [6.07, 6.45) is -1.45. The molecule has 2 aliphatic heterocycles. The molecule has 2 saturated heterocycles. The van der Waals surface area contributed by atoms with Crippen LogP contribution in [-0.2, 0) is 38.0 Å². The molecule has 3 atom stereocenters. The van der Waals surface area contributed by atoms with E-state index in [1.54, 1.807) is 17.3 Å². The second-order valence-corrected chi connectivity index (χ2v) is 13.9. The maximum Gasteiger partial charge on any atom is 0.416 e. The second kappa shape index (κ2) is 16.4. The number of piperidine rings is 1. The van der Waals surface area contributed by atoms with Crippen molar-refractivity contribution in [3.63, 3.8) is 0 Å². The highest BCUT2D eigenvalue weighted by atomic mass is 19.4.